The fourth-order valence-corrected chi connectivity index (χ4v) is 2.13. The highest BCUT2D eigenvalue weighted by molar-refractivity contribution is 5.71. The van der Waals surface area contributed by atoms with Crippen molar-refractivity contribution in [2.45, 2.75) is 20.3 Å². The maximum absolute atomic E-state index is 4.52. The molecule has 0 aliphatic heterocycles. The zero-order valence-electron chi connectivity index (χ0n) is 10.6. The quantitative estimate of drug-likeness (QED) is 0.743. The number of fused-ring (bicyclic) bond motifs is 1. The van der Waals surface area contributed by atoms with Gasteiger partial charge in [0.2, 0.25) is 0 Å². The molecule has 0 spiro atoms. The lowest BCUT2D eigenvalue weighted by atomic mass is 10.1. The molecule has 0 fully saturated rings. The molecule has 0 saturated carbocycles. The van der Waals surface area contributed by atoms with Crippen LogP contribution in [0.5, 0.6) is 0 Å². The summed E-state index contributed by atoms with van der Waals surface area (Å²) in [6.07, 6.45) is 2.67. The summed E-state index contributed by atoms with van der Waals surface area (Å²) in [4.78, 5) is 12.2. The third-order valence-electron chi connectivity index (χ3n) is 3.14. The van der Waals surface area contributed by atoms with Crippen LogP contribution in [0.1, 0.15) is 22.5 Å². The Morgan fingerprint density at radius 3 is 2.83 bits per heavy atom. The van der Waals surface area contributed by atoms with Crippen LogP contribution in [-0.2, 0) is 6.42 Å². The first-order chi connectivity index (χ1) is 8.72. The molecule has 0 atom stereocenters. The Bertz CT molecular complexity index is 698. The number of hydrogen-bond donors (Lipinski definition) is 1. The predicted molar refractivity (Wildman–Crippen MR) is 72.6 cm³/mol. The van der Waals surface area contributed by atoms with Gasteiger partial charge in [0.15, 0.2) is 5.65 Å². The van der Waals surface area contributed by atoms with E-state index in [0.29, 0.717) is 0 Å². The standard InChI is InChI=1S/C15H15N3/c1-10-7-13-15(16-9-10)18-14(17-13)8-12-6-4-3-5-11(12)2/h3-7,9H,8H2,1-2H3,(H,16,17,18). The van der Waals surface area contributed by atoms with Gasteiger partial charge in [-0.2, -0.15) is 0 Å². The van der Waals surface area contributed by atoms with Crippen molar-refractivity contribution >= 4 is 11.2 Å². The molecule has 0 saturated heterocycles. The number of H-pyrrole nitrogens is 1. The Morgan fingerprint density at radius 2 is 2.00 bits per heavy atom. The van der Waals surface area contributed by atoms with Crippen molar-refractivity contribution in [3.05, 3.63) is 59.0 Å². The van der Waals surface area contributed by atoms with Crippen LogP contribution >= 0.6 is 0 Å². The molecule has 2 aromatic heterocycles. The molecule has 0 radical (unpaired) electrons. The highest BCUT2D eigenvalue weighted by atomic mass is 15.0. The zero-order valence-corrected chi connectivity index (χ0v) is 10.6. The van der Waals surface area contributed by atoms with E-state index in [1.165, 1.54) is 11.1 Å². The molecular weight excluding hydrogens is 222 g/mol. The van der Waals surface area contributed by atoms with Crippen molar-refractivity contribution in [3.63, 3.8) is 0 Å². The minimum atomic E-state index is 0.796. The van der Waals surface area contributed by atoms with Crippen molar-refractivity contribution in [1.29, 1.82) is 0 Å². The van der Waals surface area contributed by atoms with Crippen molar-refractivity contribution < 1.29 is 0 Å². The average molecular weight is 237 g/mol. The van der Waals surface area contributed by atoms with Gasteiger partial charge < -0.3 is 4.98 Å². The largest absolute Gasteiger partial charge is 0.340 e. The van der Waals surface area contributed by atoms with Gasteiger partial charge in [0.1, 0.15) is 5.82 Å². The molecule has 3 nitrogen and oxygen atoms in total. The van der Waals surface area contributed by atoms with E-state index in [1.807, 2.05) is 13.1 Å². The number of aromatic amines is 1. The van der Waals surface area contributed by atoms with Gasteiger partial charge in [-0.1, -0.05) is 24.3 Å². The monoisotopic (exact) mass is 237 g/mol. The predicted octanol–water partition coefficient (Wildman–Crippen LogP) is 3.17. The van der Waals surface area contributed by atoms with E-state index >= 15 is 0 Å². The summed E-state index contributed by atoms with van der Waals surface area (Å²) in [5.74, 6) is 0.970. The lowest BCUT2D eigenvalue weighted by molar-refractivity contribution is 1.02. The molecule has 3 aromatic rings. The second-order valence-corrected chi connectivity index (χ2v) is 4.67. The normalized spacial score (nSPS) is 11.0. The molecule has 3 heteroatoms. The van der Waals surface area contributed by atoms with E-state index in [0.717, 1.165) is 29.0 Å². The van der Waals surface area contributed by atoms with Crippen LogP contribution in [0, 0.1) is 13.8 Å². The summed E-state index contributed by atoms with van der Waals surface area (Å²) < 4.78 is 0. The lowest BCUT2D eigenvalue weighted by Crippen LogP contribution is -1.93. The van der Waals surface area contributed by atoms with E-state index in [4.69, 9.17) is 0 Å². The summed E-state index contributed by atoms with van der Waals surface area (Å²) >= 11 is 0. The third-order valence-corrected chi connectivity index (χ3v) is 3.14. The maximum atomic E-state index is 4.52. The number of imidazole rings is 1. The Kier molecular flexibility index (Phi) is 2.59. The van der Waals surface area contributed by atoms with Gasteiger partial charge in [0.05, 0.1) is 5.52 Å². The van der Waals surface area contributed by atoms with Crippen LogP contribution in [0.4, 0.5) is 0 Å². The Labute approximate surface area is 106 Å². The molecule has 1 aromatic carbocycles. The number of benzene rings is 1. The third kappa shape index (κ3) is 1.99. The molecule has 0 amide bonds. The van der Waals surface area contributed by atoms with Gasteiger partial charge in [-0.3, -0.25) is 0 Å². The number of nitrogens with zero attached hydrogens (tertiary/aromatic N) is 2. The van der Waals surface area contributed by atoms with Gasteiger partial charge in [0, 0.05) is 12.6 Å². The van der Waals surface area contributed by atoms with Crippen LogP contribution in [0.15, 0.2) is 36.5 Å². The molecule has 0 bridgehead atoms. The molecule has 0 aliphatic rings. The van der Waals surface area contributed by atoms with Crippen LogP contribution in [-0.4, -0.2) is 15.0 Å². The highest BCUT2D eigenvalue weighted by Gasteiger charge is 2.06. The van der Waals surface area contributed by atoms with Crippen LogP contribution in [0.25, 0.3) is 11.2 Å². The maximum Gasteiger partial charge on any atom is 0.177 e. The van der Waals surface area contributed by atoms with E-state index in [-0.39, 0.29) is 0 Å². The minimum absolute atomic E-state index is 0.796. The van der Waals surface area contributed by atoms with Crippen molar-refractivity contribution in [2.75, 3.05) is 0 Å². The first-order valence-electron chi connectivity index (χ1n) is 6.08. The molecular formula is C15H15N3. The van der Waals surface area contributed by atoms with Gasteiger partial charge in [-0.15, -0.1) is 0 Å². The second-order valence-electron chi connectivity index (χ2n) is 4.67. The number of aromatic nitrogens is 3. The van der Waals surface area contributed by atoms with Gasteiger partial charge in [0.25, 0.3) is 0 Å². The van der Waals surface area contributed by atoms with Crippen LogP contribution in [0.3, 0.4) is 0 Å². The van der Waals surface area contributed by atoms with Gasteiger partial charge in [-0.25, -0.2) is 9.97 Å². The number of rotatable bonds is 2. The van der Waals surface area contributed by atoms with Gasteiger partial charge >= 0.3 is 0 Å². The second kappa shape index (κ2) is 4.26. The average Bonchev–Trinajstić information content (AvgIpc) is 2.73. The summed E-state index contributed by atoms with van der Waals surface area (Å²) in [5.41, 5.74) is 5.55. The Morgan fingerprint density at radius 1 is 1.17 bits per heavy atom. The molecule has 90 valence electrons. The summed E-state index contributed by atoms with van der Waals surface area (Å²) in [7, 11) is 0. The number of nitrogens with one attached hydrogen (secondary N) is 1. The lowest BCUT2D eigenvalue weighted by Gasteiger charge is -2.02. The van der Waals surface area contributed by atoms with Crippen molar-refractivity contribution in [2.24, 2.45) is 0 Å². The van der Waals surface area contributed by atoms with Crippen LogP contribution in [0.2, 0.25) is 0 Å². The van der Waals surface area contributed by atoms with Crippen LogP contribution < -0.4 is 0 Å². The van der Waals surface area contributed by atoms with E-state index in [1.54, 1.807) is 0 Å². The van der Waals surface area contributed by atoms with E-state index in [9.17, 15) is 0 Å². The fourth-order valence-electron chi connectivity index (χ4n) is 2.13. The molecule has 0 aliphatic carbocycles. The van der Waals surface area contributed by atoms with Crippen molar-refractivity contribution in [1.82, 2.24) is 15.0 Å². The summed E-state index contributed by atoms with van der Waals surface area (Å²) in [6.45, 7) is 4.16. The molecule has 3 rings (SSSR count). The van der Waals surface area contributed by atoms with E-state index in [2.05, 4.69) is 52.2 Å². The summed E-state index contributed by atoms with van der Waals surface area (Å²) in [5, 5.41) is 0. The van der Waals surface area contributed by atoms with Gasteiger partial charge in [-0.05, 0) is 36.6 Å². The Hall–Kier alpha value is -2.16. The Balaban J connectivity index is 1.98. The smallest absolute Gasteiger partial charge is 0.177 e. The number of hydrogen-bond acceptors (Lipinski definition) is 2. The molecule has 0 unspecified atom stereocenters. The minimum Gasteiger partial charge on any atom is -0.340 e. The highest BCUT2D eigenvalue weighted by Crippen LogP contribution is 2.15. The molecule has 2 heterocycles. The molecule has 1 N–H and O–H groups in total. The number of aryl methyl sites for hydroxylation is 2. The summed E-state index contributed by atoms with van der Waals surface area (Å²) in [6, 6.07) is 10.5. The molecule has 18 heavy (non-hydrogen) atoms. The van der Waals surface area contributed by atoms with E-state index < -0.39 is 0 Å². The zero-order chi connectivity index (χ0) is 12.5. The topological polar surface area (TPSA) is 41.6 Å². The fraction of sp³-hybridized carbons (Fsp3) is 0.200. The first-order valence-corrected chi connectivity index (χ1v) is 6.08. The first kappa shape index (κ1) is 11.0. The number of pyridine rings is 1. The van der Waals surface area contributed by atoms with Crippen molar-refractivity contribution in [3.8, 4) is 0 Å². The SMILES string of the molecule is Cc1cnc2nc(Cc3ccccc3C)[nH]c2c1.